The second kappa shape index (κ2) is 7.43. The number of amides is 1. The first kappa shape index (κ1) is 15.8. The lowest BCUT2D eigenvalue weighted by molar-refractivity contribution is -0.116. The number of hydrogen-bond donors (Lipinski definition) is 3. The Bertz CT molecular complexity index is 482. The predicted octanol–water partition coefficient (Wildman–Crippen LogP) is 1.75. The zero-order valence-electron chi connectivity index (χ0n) is 12.6. The maximum Gasteiger partial charge on any atom is 0.224 e. The number of piperidine rings is 1. The molecule has 0 unspecified atom stereocenters. The van der Waals surface area contributed by atoms with E-state index in [1.54, 1.807) is 6.07 Å². The monoisotopic (exact) mass is 291 g/mol. The molecule has 1 aliphatic heterocycles. The number of aliphatic hydroxyl groups is 1. The van der Waals surface area contributed by atoms with Crippen molar-refractivity contribution in [1.29, 1.82) is 0 Å². The van der Waals surface area contributed by atoms with Crippen LogP contribution in [0.1, 0.15) is 31.2 Å². The smallest absolute Gasteiger partial charge is 0.224 e. The van der Waals surface area contributed by atoms with Crippen LogP contribution in [0.15, 0.2) is 18.2 Å². The fourth-order valence-electron chi connectivity index (χ4n) is 2.65. The fraction of sp³-hybridized carbons (Fsp3) is 0.562. The Morgan fingerprint density at radius 2 is 2.14 bits per heavy atom. The van der Waals surface area contributed by atoms with Crippen LogP contribution in [0.25, 0.3) is 0 Å². The predicted molar refractivity (Wildman–Crippen MR) is 85.1 cm³/mol. The van der Waals surface area contributed by atoms with Gasteiger partial charge in [0.1, 0.15) is 0 Å². The molecule has 1 amide bonds. The molecule has 1 aromatic carbocycles. The van der Waals surface area contributed by atoms with E-state index in [1.165, 1.54) is 0 Å². The van der Waals surface area contributed by atoms with Crippen LogP contribution in [0, 0.1) is 6.92 Å². The second-order valence-electron chi connectivity index (χ2n) is 5.80. The molecule has 0 aliphatic carbocycles. The molecule has 0 saturated carbocycles. The number of carbonyl (C=O) groups excluding carboxylic acids is 1. The van der Waals surface area contributed by atoms with Crippen LogP contribution in [0.4, 0.5) is 11.4 Å². The summed E-state index contributed by atoms with van der Waals surface area (Å²) < 4.78 is 0. The van der Waals surface area contributed by atoms with E-state index in [1.807, 2.05) is 19.1 Å². The average molecular weight is 291 g/mol. The summed E-state index contributed by atoms with van der Waals surface area (Å²) in [5.41, 5.74) is 8.21. The van der Waals surface area contributed by atoms with Gasteiger partial charge >= 0.3 is 0 Å². The number of nitrogens with zero attached hydrogens (tertiary/aromatic N) is 1. The number of rotatable bonds is 5. The van der Waals surface area contributed by atoms with Gasteiger partial charge in [-0.25, -0.2) is 0 Å². The summed E-state index contributed by atoms with van der Waals surface area (Å²) >= 11 is 0. The van der Waals surface area contributed by atoms with Crippen molar-refractivity contribution >= 4 is 17.3 Å². The molecule has 116 valence electrons. The van der Waals surface area contributed by atoms with Crippen molar-refractivity contribution in [2.24, 2.45) is 0 Å². The van der Waals surface area contributed by atoms with Gasteiger partial charge in [-0.05, 0) is 56.5 Å². The lowest BCUT2D eigenvalue weighted by Crippen LogP contribution is -2.36. The van der Waals surface area contributed by atoms with Crippen LogP contribution >= 0.6 is 0 Å². The summed E-state index contributed by atoms with van der Waals surface area (Å²) in [6.45, 7) is 4.71. The highest BCUT2D eigenvalue weighted by atomic mass is 16.3. The lowest BCUT2D eigenvalue weighted by atomic mass is 10.1. The Balaban J connectivity index is 1.70. The highest BCUT2D eigenvalue weighted by molar-refractivity contribution is 5.91. The third-order valence-electron chi connectivity index (χ3n) is 3.96. The first-order valence-electron chi connectivity index (χ1n) is 7.61. The maximum atomic E-state index is 11.9. The van der Waals surface area contributed by atoms with Crippen LogP contribution in [0.3, 0.4) is 0 Å². The number of nitrogen functional groups attached to an aromatic ring is 1. The van der Waals surface area contributed by atoms with Gasteiger partial charge in [0.15, 0.2) is 0 Å². The number of aryl methyl sites for hydroxylation is 1. The molecule has 4 N–H and O–H groups in total. The van der Waals surface area contributed by atoms with Crippen LogP contribution in [0.2, 0.25) is 0 Å². The van der Waals surface area contributed by atoms with Crippen LogP contribution in [-0.2, 0) is 4.79 Å². The Hall–Kier alpha value is -1.59. The van der Waals surface area contributed by atoms with E-state index in [0.29, 0.717) is 12.1 Å². The van der Waals surface area contributed by atoms with Gasteiger partial charge in [-0.3, -0.25) is 4.79 Å². The largest absolute Gasteiger partial charge is 0.399 e. The highest BCUT2D eigenvalue weighted by Crippen LogP contribution is 2.18. The number of nitrogens with one attached hydrogen (secondary N) is 1. The standard InChI is InChI=1S/C16H25N3O2/c1-12-11-13(17)4-5-15(12)18-16(21)3-2-8-19-9-6-14(20)7-10-19/h4-5,11,14,20H,2-3,6-10,17H2,1H3,(H,18,21). The lowest BCUT2D eigenvalue weighted by Gasteiger charge is -2.29. The number of likely N-dealkylation sites (tertiary alicyclic amines) is 1. The van der Waals surface area contributed by atoms with Crippen molar-refractivity contribution in [1.82, 2.24) is 4.90 Å². The Labute approximate surface area is 126 Å². The van der Waals surface area contributed by atoms with E-state index in [2.05, 4.69) is 10.2 Å². The number of benzene rings is 1. The highest BCUT2D eigenvalue weighted by Gasteiger charge is 2.16. The number of aliphatic hydroxyl groups excluding tert-OH is 1. The van der Waals surface area contributed by atoms with Crippen molar-refractivity contribution in [2.45, 2.75) is 38.7 Å². The molecule has 1 aromatic rings. The summed E-state index contributed by atoms with van der Waals surface area (Å²) in [6, 6.07) is 5.49. The summed E-state index contributed by atoms with van der Waals surface area (Å²) in [6.07, 6.45) is 2.91. The van der Waals surface area contributed by atoms with Crippen molar-refractivity contribution in [3.05, 3.63) is 23.8 Å². The zero-order chi connectivity index (χ0) is 15.2. The first-order chi connectivity index (χ1) is 10.0. The summed E-state index contributed by atoms with van der Waals surface area (Å²) in [5, 5.41) is 12.4. The molecule has 1 aliphatic rings. The molecule has 2 rings (SSSR count). The Morgan fingerprint density at radius 1 is 1.43 bits per heavy atom. The van der Waals surface area contributed by atoms with Gasteiger partial charge in [-0.15, -0.1) is 0 Å². The van der Waals surface area contributed by atoms with Crippen molar-refractivity contribution < 1.29 is 9.90 Å². The van der Waals surface area contributed by atoms with E-state index in [9.17, 15) is 9.90 Å². The molecule has 5 heteroatoms. The van der Waals surface area contributed by atoms with Gasteiger partial charge in [0.25, 0.3) is 0 Å². The molecule has 0 spiro atoms. The van der Waals surface area contributed by atoms with E-state index in [0.717, 1.165) is 50.1 Å². The first-order valence-corrected chi connectivity index (χ1v) is 7.61. The molecule has 5 nitrogen and oxygen atoms in total. The van der Waals surface area contributed by atoms with Crippen LogP contribution in [-0.4, -0.2) is 41.7 Å². The molecule has 1 heterocycles. The van der Waals surface area contributed by atoms with Gasteiger partial charge in [0.2, 0.25) is 5.91 Å². The summed E-state index contributed by atoms with van der Waals surface area (Å²) in [7, 11) is 0. The normalized spacial score (nSPS) is 16.9. The van der Waals surface area contributed by atoms with Gasteiger partial charge in [-0.2, -0.15) is 0 Å². The Morgan fingerprint density at radius 3 is 2.81 bits per heavy atom. The molecule has 0 aromatic heterocycles. The van der Waals surface area contributed by atoms with Crippen molar-refractivity contribution in [2.75, 3.05) is 30.7 Å². The summed E-state index contributed by atoms with van der Waals surface area (Å²) in [4.78, 5) is 14.3. The third kappa shape index (κ3) is 5.02. The fourth-order valence-corrected chi connectivity index (χ4v) is 2.65. The molecule has 0 atom stereocenters. The van der Waals surface area contributed by atoms with Gasteiger partial charge in [0, 0.05) is 30.9 Å². The van der Waals surface area contributed by atoms with E-state index in [4.69, 9.17) is 5.73 Å². The Kier molecular flexibility index (Phi) is 5.59. The molecule has 1 fully saturated rings. The van der Waals surface area contributed by atoms with Gasteiger partial charge in [0.05, 0.1) is 6.10 Å². The quantitative estimate of drug-likeness (QED) is 0.722. The molecular weight excluding hydrogens is 266 g/mol. The SMILES string of the molecule is Cc1cc(N)ccc1NC(=O)CCCN1CCC(O)CC1. The molecule has 1 saturated heterocycles. The number of nitrogens with two attached hydrogens (primary N) is 1. The van der Waals surface area contributed by atoms with Crippen molar-refractivity contribution in [3.63, 3.8) is 0 Å². The van der Waals surface area contributed by atoms with Crippen LogP contribution < -0.4 is 11.1 Å². The van der Waals surface area contributed by atoms with Crippen molar-refractivity contribution in [3.8, 4) is 0 Å². The number of anilines is 2. The number of hydrogen-bond acceptors (Lipinski definition) is 4. The minimum absolute atomic E-state index is 0.0416. The van der Waals surface area contributed by atoms with E-state index < -0.39 is 0 Å². The van der Waals surface area contributed by atoms with Gasteiger partial charge < -0.3 is 21.1 Å². The van der Waals surface area contributed by atoms with Gasteiger partial charge in [-0.1, -0.05) is 0 Å². The second-order valence-corrected chi connectivity index (χ2v) is 5.80. The topological polar surface area (TPSA) is 78.6 Å². The molecular formula is C16H25N3O2. The molecule has 21 heavy (non-hydrogen) atoms. The minimum Gasteiger partial charge on any atom is -0.399 e. The average Bonchev–Trinajstić information content (AvgIpc) is 2.44. The van der Waals surface area contributed by atoms with Crippen LogP contribution in [0.5, 0.6) is 0 Å². The number of carbonyl (C=O) groups is 1. The maximum absolute atomic E-state index is 11.9. The zero-order valence-corrected chi connectivity index (χ0v) is 12.6. The van der Waals surface area contributed by atoms with E-state index in [-0.39, 0.29) is 12.0 Å². The molecule has 0 bridgehead atoms. The molecule has 0 radical (unpaired) electrons. The minimum atomic E-state index is -0.141. The third-order valence-corrected chi connectivity index (χ3v) is 3.96. The van der Waals surface area contributed by atoms with E-state index >= 15 is 0 Å². The summed E-state index contributed by atoms with van der Waals surface area (Å²) in [5.74, 6) is 0.0416.